The summed E-state index contributed by atoms with van der Waals surface area (Å²) >= 11 is 1.15. The van der Waals surface area contributed by atoms with E-state index in [0.29, 0.717) is 5.56 Å². The molecule has 8 nitrogen and oxygen atoms in total. The molecule has 0 aromatic carbocycles. The third-order valence-electron chi connectivity index (χ3n) is 2.92. The van der Waals surface area contributed by atoms with Crippen molar-refractivity contribution in [3.63, 3.8) is 0 Å². The number of esters is 1. The van der Waals surface area contributed by atoms with Crippen LogP contribution in [0.4, 0.5) is 10.8 Å². The van der Waals surface area contributed by atoms with Crippen LogP contribution < -0.4 is 10.5 Å². The van der Waals surface area contributed by atoms with Crippen molar-refractivity contribution in [2.45, 2.75) is 18.7 Å². The van der Waals surface area contributed by atoms with Crippen LogP contribution >= 0.6 is 11.3 Å². The Labute approximate surface area is 125 Å². The van der Waals surface area contributed by atoms with E-state index in [1.807, 2.05) is 0 Å². The molecule has 0 aliphatic rings. The molecule has 0 atom stereocenters. The molecule has 10 heteroatoms. The van der Waals surface area contributed by atoms with E-state index in [4.69, 9.17) is 5.73 Å². The number of H-pyrrole nitrogens is 1. The van der Waals surface area contributed by atoms with Crippen molar-refractivity contribution >= 4 is 38.1 Å². The summed E-state index contributed by atoms with van der Waals surface area (Å²) in [6.45, 7) is 3.51. The van der Waals surface area contributed by atoms with Gasteiger partial charge in [0, 0.05) is 4.88 Å². The number of aryl methyl sites for hydroxylation is 1. The number of nitrogens with one attached hydrogen (secondary N) is 2. The van der Waals surface area contributed by atoms with Crippen molar-refractivity contribution < 1.29 is 17.9 Å². The molecule has 2 heterocycles. The number of carbonyl (C=O) groups is 1. The summed E-state index contributed by atoms with van der Waals surface area (Å²) in [6.07, 6.45) is 1.10. The standard InChI is InChI=1S/C11H14N4O4S2/c1-5-6(2)20-10(8(5)11(16)19-3)15-21(17,18)7-4-13-14-9(7)12/h4,15H,1-3H3,(H3,12,13,14). The van der Waals surface area contributed by atoms with Crippen molar-refractivity contribution in [1.82, 2.24) is 10.2 Å². The highest BCUT2D eigenvalue weighted by molar-refractivity contribution is 7.93. The fourth-order valence-corrected chi connectivity index (χ4v) is 4.10. The number of nitrogens with two attached hydrogens (primary N) is 1. The molecule has 2 rings (SSSR count). The number of methoxy groups -OCH3 is 1. The van der Waals surface area contributed by atoms with E-state index in [-0.39, 0.29) is 21.3 Å². The molecular formula is C11H14N4O4S2. The first-order valence-electron chi connectivity index (χ1n) is 5.78. The lowest BCUT2D eigenvalue weighted by Gasteiger charge is -2.07. The first-order valence-corrected chi connectivity index (χ1v) is 8.08. The van der Waals surface area contributed by atoms with Crippen LogP contribution in [0.2, 0.25) is 0 Å². The van der Waals surface area contributed by atoms with Crippen LogP contribution in [0.15, 0.2) is 11.1 Å². The Hall–Kier alpha value is -2.07. The largest absolute Gasteiger partial charge is 0.465 e. The van der Waals surface area contributed by atoms with E-state index in [9.17, 15) is 13.2 Å². The monoisotopic (exact) mass is 330 g/mol. The van der Waals surface area contributed by atoms with Crippen LogP contribution in [0.3, 0.4) is 0 Å². The number of hydrogen-bond acceptors (Lipinski definition) is 7. The molecule has 0 fully saturated rings. The number of nitrogen functional groups attached to an aromatic ring is 1. The lowest BCUT2D eigenvalue weighted by atomic mass is 10.2. The van der Waals surface area contributed by atoms with Crippen LogP contribution in [0.5, 0.6) is 0 Å². The van der Waals surface area contributed by atoms with Crippen molar-refractivity contribution in [1.29, 1.82) is 0 Å². The van der Waals surface area contributed by atoms with Crippen LogP contribution in [0.25, 0.3) is 0 Å². The molecule has 0 saturated heterocycles. The Morgan fingerprint density at radius 1 is 1.48 bits per heavy atom. The summed E-state index contributed by atoms with van der Waals surface area (Å²) < 4.78 is 31.6. The van der Waals surface area contributed by atoms with Gasteiger partial charge in [0.25, 0.3) is 10.0 Å². The topological polar surface area (TPSA) is 127 Å². The van der Waals surface area contributed by atoms with Gasteiger partial charge in [-0.1, -0.05) is 0 Å². The number of nitrogens with zero attached hydrogens (tertiary/aromatic N) is 1. The maximum absolute atomic E-state index is 12.3. The SMILES string of the molecule is COC(=O)c1c(NS(=O)(=O)c2cn[nH]c2N)sc(C)c1C. The number of anilines is 2. The molecule has 0 unspecified atom stereocenters. The smallest absolute Gasteiger partial charge is 0.341 e. The number of rotatable bonds is 4. The van der Waals surface area contributed by atoms with E-state index in [2.05, 4.69) is 19.7 Å². The molecule has 21 heavy (non-hydrogen) atoms. The maximum Gasteiger partial charge on any atom is 0.341 e. The van der Waals surface area contributed by atoms with Crippen molar-refractivity contribution in [2.24, 2.45) is 0 Å². The van der Waals surface area contributed by atoms with E-state index in [0.717, 1.165) is 22.4 Å². The van der Waals surface area contributed by atoms with Crippen LogP contribution in [-0.2, 0) is 14.8 Å². The third kappa shape index (κ3) is 2.72. The summed E-state index contributed by atoms with van der Waals surface area (Å²) in [5.74, 6) is -0.679. The molecule has 0 spiro atoms. The van der Waals surface area contributed by atoms with E-state index >= 15 is 0 Å². The first kappa shape index (κ1) is 15.3. The molecule has 0 bridgehead atoms. The summed E-state index contributed by atoms with van der Waals surface area (Å²) in [5, 5.41) is 6.11. The Morgan fingerprint density at radius 2 is 2.14 bits per heavy atom. The van der Waals surface area contributed by atoms with Crippen LogP contribution in [0.1, 0.15) is 20.8 Å². The highest BCUT2D eigenvalue weighted by atomic mass is 32.2. The number of ether oxygens (including phenoxy) is 1. The van der Waals surface area contributed by atoms with Gasteiger partial charge in [0.1, 0.15) is 15.7 Å². The lowest BCUT2D eigenvalue weighted by Crippen LogP contribution is -2.15. The highest BCUT2D eigenvalue weighted by Gasteiger charge is 2.26. The average Bonchev–Trinajstić information content (AvgIpc) is 2.94. The summed E-state index contributed by atoms with van der Waals surface area (Å²) in [5.41, 5.74) is 6.38. The number of hydrogen-bond donors (Lipinski definition) is 3. The minimum Gasteiger partial charge on any atom is -0.465 e. The van der Waals surface area contributed by atoms with Gasteiger partial charge in [-0.3, -0.25) is 9.82 Å². The van der Waals surface area contributed by atoms with Gasteiger partial charge in [-0.25, -0.2) is 13.2 Å². The van der Waals surface area contributed by atoms with Crippen molar-refractivity contribution in [3.8, 4) is 0 Å². The minimum atomic E-state index is -3.93. The van der Waals surface area contributed by atoms with E-state index in [1.165, 1.54) is 7.11 Å². The van der Waals surface area contributed by atoms with Gasteiger partial charge in [0.05, 0.1) is 18.9 Å². The molecule has 2 aromatic rings. The quantitative estimate of drug-likeness (QED) is 0.724. The number of aromatic nitrogens is 2. The normalized spacial score (nSPS) is 11.4. The zero-order chi connectivity index (χ0) is 15.8. The molecule has 0 saturated carbocycles. The summed E-state index contributed by atoms with van der Waals surface area (Å²) in [7, 11) is -2.70. The van der Waals surface area contributed by atoms with Crippen molar-refractivity contribution in [3.05, 3.63) is 22.2 Å². The maximum atomic E-state index is 12.3. The number of aromatic amines is 1. The van der Waals surface area contributed by atoms with Gasteiger partial charge >= 0.3 is 5.97 Å². The lowest BCUT2D eigenvalue weighted by molar-refractivity contribution is 0.0601. The van der Waals surface area contributed by atoms with Gasteiger partial charge in [-0.15, -0.1) is 11.3 Å². The zero-order valence-corrected chi connectivity index (χ0v) is 13.2. The minimum absolute atomic E-state index is 0.0767. The van der Waals surface area contributed by atoms with Gasteiger partial charge < -0.3 is 10.5 Å². The molecule has 2 aromatic heterocycles. The van der Waals surface area contributed by atoms with Gasteiger partial charge in [-0.2, -0.15) is 5.10 Å². The predicted octanol–water partition coefficient (Wildman–Crippen LogP) is 1.26. The summed E-state index contributed by atoms with van der Waals surface area (Å²) in [4.78, 5) is 12.4. The molecule has 0 radical (unpaired) electrons. The second kappa shape index (κ2) is 5.37. The predicted molar refractivity (Wildman–Crippen MR) is 78.9 cm³/mol. The fraction of sp³-hybridized carbons (Fsp3) is 0.273. The number of thiophene rings is 1. The van der Waals surface area contributed by atoms with E-state index in [1.54, 1.807) is 13.8 Å². The molecular weight excluding hydrogens is 316 g/mol. The van der Waals surface area contributed by atoms with Gasteiger partial charge in [0.2, 0.25) is 0 Å². The molecule has 4 N–H and O–H groups in total. The average molecular weight is 330 g/mol. The van der Waals surface area contributed by atoms with Gasteiger partial charge in [0.15, 0.2) is 0 Å². The summed E-state index contributed by atoms with van der Waals surface area (Å²) in [6, 6.07) is 0. The molecule has 114 valence electrons. The molecule has 0 amide bonds. The van der Waals surface area contributed by atoms with Crippen molar-refractivity contribution in [2.75, 3.05) is 17.6 Å². The molecule has 0 aliphatic carbocycles. The number of sulfonamides is 1. The Balaban J connectivity index is 2.48. The van der Waals surface area contributed by atoms with Crippen LogP contribution in [-0.4, -0.2) is 31.7 Å². The first-order chi connectivity index (χ1) is 9.77. The highest BCUT2D eigenvalue weighted by Crippen LogP contribution is 2.34. The second-order valence-electron chi connectivity index (χ2n) is 4.23. The van der Waals surface area contributed by atoms with Crippen LogP contribution in [0, 0.1) is 13.8 Å². The Kier molecular flexibility index (Phi) is 3.92. The zero-order valence-electron chi connectivity index (χ0n) is 11.6. The fourth-order valence-electron chi connectivity index (χ4n) is 1.72. The Morgan fingerprint density at radius 3 is 2.67 bits per heavy atom. The van der Waals surface area contributed by atoms with E-state index < -0.39 is 16.0 Å². The van der Waals surface area contributed by atoms with Gasteiger partial charge in [-0.05, 0) is 19.4 Å². The second-order valence-corrected chi connectivity index (χ2v) is 7.11. The third-order valence-corrected chi connectivity index (χ3v) is 5.55. The molecule has 0 aliphatic heterocycles. The Bertz CT molecular complexity index is 791. The number of carbonyl (C=O) groups excluding carboxylic acids is 1.